The van der Waals surface area contributed by atoms with E-state index in [1.807, 2.05) is 0 Å². The molecule has 1 aromatic heterocycles. The van der Waals surface area contributed by atoms with Gasteiger partial charge in [-0.2, -0.15) is 0 Å². The van der Waals surface area contributed by atoms with E-state index in [9.17, 15) is 28.8 Å². The third kappa shape index (κ3) is 4.82. The van der Waals surface area contributed by atoms with Gasteiger partial charge in [0.25, 0.3) is 0 Å². The molecular weight excluding hydrogens is 474 g/mol. The highest BCUT2D eigenvalue weighted by Gasteiger charge is 2.63. The quantitative estimate of drug-likeness (QED) is 0.281. The van der Waals surface area contributed by atoms with Gasteiger partial charge in [0.2, 0.25) is 5.91 Å². The Bertz CT molecular complexity index is 1130. The predicted octanol–water partition coefficient (Wildman–Crippen LogP) is -0.0820. The van der Waals surface area contributed by atoms with Crippen LogP contribution in [0.5, 0.6) is 0 Å². The second-order valence-electron chi connectivity index (χ2n) is 10.5. The molecule has 1 aromatic rings. The van der Waals surface area contributed by atoms with E-state index in [1.165, 1.54) is 18.3 Å². The lowest BCUT2D eigenvalue weighted by molar-refractivity contribution is -0.887. The highest BCUT2D eigenvalue weighted by atomic mass is 32.2. The molecule has 0 saturated carbocycles. The van der Waals surface area contributed by atoms with Gasteiger partial charge < -0.3 is 29.9 Å². The molecule has 3 heterocycles. The number of quaternary nitrogens is 1. The monoisotopic (exact) mass is 508 g/mol. The number of fused-ring (bicyclic) bond motifs is 1. The first kappa shape index (κ1) is 26.8. The van der Waals surface area contributed by atoms with Gasteiger partial charge in [0.15, 0.2) is 17.0 Å². The summed E-state index contributed by atoms with van der Waals surface area (Å²) in [4.78, 5) is 45.7. The fourth-order valence-electron chi connectivity index (χ4n) is 4.76. The second-order valence-corrected chi connectivity index (χ2v) is 12.0. The van der Waals surface area contributed by atoms with Crippen molar-refractivity contribution in [2.45, 2.75) is 68.2 Å². The Hall–Kier alpha value is -2.83. The molecule has 0 radical (unpaired) electrons. The van der Waals surface area contributed by atoms with Gasteiger partial charge in [-0.3, -0.25) is 13.8 Å². The van der Waals surface area contributed by atoms with Crippen LogP contribution in [0, 0.1) is 0 Å². The molecule has 2 aliphatic heterocycles. The molecule has 35 heavy (non-hydrogen) atoms. The second kappa shape index (κ2) is 9.32. The van der Waals surface area contributed by atoms with Crippen molar-refractivity contribution in [1.29, 1.82) is 0 Å². The molecule has 12 heteroatoms. The summed E-state index contributed by atoms with van der Waals surface area (Å²) >= 11 is 0. The topological polar surface area (TPSA) is 153 Å². The van der Waals surface area contributed by atoms with Gasteiger partial charge in [0.1, 0.15) is 17.5 Å². The summed E-state index contributed by atoms with van der Waals surface area (Å²) in [6.07, 6.45) is 2.99. The molecular formula is C23H34N5O6S+. The molecule has 192 valence electrons. The van der Waals surface area contributed by atoms with E-state index in [0.29, 0.717) is 5.69 Å². The fraction of sp³-hybridized carbons (Fsp3) is 0.565. The number of ketones is 1. The Morgan fingerprint density at radius 3 is 2.54 bits per heavy atom. The number of aliphatic hydroxyl groups excluding tert-OH is 1. The molecule has 3 rings (SSSR count). The highest BCUT2D eigenvalue weighted by Crippen LogP contribution is 2.44. The predicted molar refractivity (Wildman–Crippen MR) is 128 cm³/mol. The maximum atomic E-state index is 13.5. The third-order valence-corrected chi connectivity index (χ3v) is 8.38. The Balaban J connectivity index is 1.86. The number of hydrogen-bond acceptors (Lipinski definition) is 7. The number of carbonyl (C=O) groups is 3. The summed E-state index contributed by atoms with van der Waals surface area (Å²) in [5, 5.41) is 22.7. The number of likely N-dealkylation sites (N-methyl/N-ethyl adjacent to an activating group) is 1. The molecule has 11 nitrogen and oxygen atoms in total. The van der Waals surface area contributed by atoms with Crippen molar-refractivity contribution in [2.75, 3.05) is 21.1 Å². The Labute approximate surface area is 206 Å². The summed E-state index contributed by atoms with van der Waals surface area (Å²) in [6.45, 7) is 6.85. The van der Waals surface area contributed by atoms with E-state index in [-0.39, 0.29) is 21.9 Å². The van der Waals surface area contributed by atoms with E-state index < -0.39 is 57.4 Å². The van der Waals surface area contributed by atoms with Crippen LogP contribution in [0.25, 0.3) is 0 Å². The van der Waals surface area contributed by atoms with Crippen LogP contribution in [0.2, 0.25) is 0 Å². The summed E-state index contributed by atoms with van der Waals surface area (Å²) in [7, 11) is 3.48. The maximum Gasteiger partial charge on any atom is 0.362 e. The minimum atomic E-state index is -1.85. The van der Waals surface area contributed by atoms with Crippen LogP contribution in [-0.2, 0) is 31.6 Å². The molecule has 0 bridgehead atoms. The molecule has 0 aliphatic carbocycles. The molecule has 0 aromatic carbocycles. The number of amides is 1. The van der Waals surface area contributed by atoms with Gasteiger partial charge in [-0.25, -0.2) is 9.78 Å². The van der Waals surface area contributed by atoms with Crippen molar-refractivity contribution < 1.29 is 33.3 Å². The maximum absolute atomic E-state index is 13.5. The number of nitrogens with zero attached hydrogens (tertiary/aromatic N) is 3. The number of hydrogen-bond donors (Lipinski definition) is 4. The van der Waals surface area contributed by atoms with Crippen LogP contribution in [0.1, 0.15) is 33.4 Å². The van der Waals surface area contributed by atoms with Crippen molar-refractivity contribution in [3.63, 3.8) is 0 Å². The first-order valence-electron chi connectivity index (χ1n) is 11.3. The van der Waals surface area contributed by atoms with Crippen molar-refractivity contribution in [3.8, 4) is 0 Å². The first-order chi connectivity index (χ1) is 16.1. The van der Waals surface area contributed by atoms with E-state index in [4.69, 9.17) is 0 Å². The van der Waals surface area contributed by atoms with Crippen LogP contribution in [0.3, 0.4) is 0 Å². The van der Waals surface area contributed by atoms with E-state index in [2.05, 4.69) is 15.3 Å². The number of nitrogens with one attached hydrogen (secondary N) is 2. The summed E-state index contributed by atoms with van der Waals surface area (Å²) in [6, 6.07) is -1.32. The third-order valence-electron chi connectivity index (χ3n) is 6.64. The zero-order chi connectivity index (χ0) is 26.5. The number of carboxylic acid groups (broad SMARTS) is 1. The van der Waals surface area contributed by atoms with Crippen molar-refractivity contribution in [3.05, 3.63) is 35.4 Å². The lowest BCUT2D eigenvalue weighted by Crippen LogP contribution is -2.52. The Kier molecular flexibility index (Phi) is 7.13. The largest absolute Gasteiger partial charge is 0.477 e. The molecule has 4 N–H and O–H groups in total. The lowest BCUT2D eigenvalue weighted by atomic mass is 9.92. The number of rotatable bonds is 8. The van der Waals surface area contributed by atoms with Crippen LogP contribution in [0.15, 0.2) is 34.9 Å². The molecule has 2 aliphatic rings. The van der Waals surface area contributed by atoms with Gasteiger partial charge in [0, 0.05) is 30.1 Å². The van der Waals surface area contributed by atoms with Crippen molar-refractivity contribution in [2.24, 2.45) is 0 Å². The van der Waals surface area contributed by atoms with Gasteiger partial charge in [-0.15, -0.1) is 0 Å². The number of aromatic amines is 1. The average Bonchev–Trinajstić information content (AvgIpc) is 3.33. The standard InChI is InChI=1S/C23H33N5O6S/c1-12(2)8-18(30)26-17-10-16(29)23(4)20(31)19(13(3)27(17)23)35(34)22-24-11-14(25-22)9-15(21(32)33)28(5,6)7/h8,10-11,13,15,19-20,31H,9H2,1-7H3,(H2-,24,25,26,29,30,32,33)/p+1/t13-,15-,19-,20+,23+,35?/m0/s1. The fourth-order valence-corrected chi connectivity index (χ4v) is 6.39. The lowest BCUT2D eigenvalue weighted by Gasteiger charge is -2.34. The first-order valence-corrected chi connectivity index (χ1v) is 12.5. The Morgan fingerprint density at radius 1 is 1.37 bits per heavy atom. The van der Waals surface area contributed by atoms with Crippen molar-refractivity contribution in [1.82, 2.24) is 20.2 Å². The zero-order valence-corrected chi connectivity index (χ0v) is 21.8. The summed E-state index contributed by atoms with van der Waals surface area (Å²) in [5.41, 5.74) is -0.0973. The molecule has 6 atom stereocenters. The van der Waals surface area contributed by atoms with Crippen LogP contribution in [0.4, 0.5) is 0 Å². The molecule has 0 spiro atoms. The normalized spacial score (nSPS) is 27.8. The number of aliphatic hydroxyl groups is 1. The van der Waals surface area contributed by atoms with E-state index in [1.54, 1.807) is 53.7 Å². The van der Waals surface area contributed by atoms with Gasteiger partial charge >= 0.3 is 5.97 Å². The minimum absolute atomic E-state index is 0.0952. The van der Waals surface area contributed by atoms with Gasteiger partial charge in [-0.05, 0) is 27.7 Å². The number of carboxylic acids is 1. The number of aliphatic carboxylic acids is 1. The molecule has 1 amide bonds. The minimum Gasteiger partial charge on any atom is -0.477 e. The van der Waals surface area contributed by atoms with Crippen LogP contribution in [-0.4, -0.2) is 102 Å². The SMILES string of the molecule is CC(C)=CC(=O)NC1=CC(=O)[C@]2(C)[C@H](O)[C@@H](S(=O)c3ncc(C[C@@H](C(=O)O)[N+](C)(C)C)[nH]3)[C@H](C)N12. The summed E-state index contributed by atoms with van der Waals surface area (Å²) < 4.78 is 13.7. The van der Waals surface area contributed by atoms with E-state index >= 15 is 0 Å². The van der Waals surface area contributed by atoms with Crippen LogP contribution < -0.4 is 5.32 Å². The molecule has 1 fully saturated rings. The van der Waals surface area contributed by atoms with Gasteiger partial charge in [0.05, 0.1) is 43.6 Å². The van der Waals surface area contributed by atoms with Gasteiger partial charge in [-0.1, -0.05) is 5.57 Å². The Morgan fingerprint density at radius 2 is 2.00 bits per heavy atom. The molecule has 1 saturated heterocycles. The number of imidazole rings is 1. The van der Waals surface area contributed by atoms with Crippen molar-refractivity contribution >= 4 is 28.5 Å². The van der Waals surface area contributed by atoms with E-state index in [0.717, 1.165) is 5.57 Å². The number of allylic oxidation sites excluding steroid dienone is 1. The molecule has 1 unspecified atom stereocenters. The average molecular weight is 509 g/mol. The smallest absolute Gasteiger partial charge is 0.362 e. The number of carbonyl (C=O) groups excluding carboxylic acids is 2. The number of aromatic nitrogens is 2. The summed E-state index contributed by atoms with van der Waals surface area (Å²) in [5.74, 6) is -1.51. The van der Waals surface area contributed by atoms with Crippen LogP contribution >= 0.6 is 0 Å². The highest BCUT2D eigenvalue weighted by molar-refractivity contribution is 7.85. The zero-order valence-electron chi connectivity index (χ0n) is 21.0. The number of H-pyrrole nitrogens is 1.